The molecule has 0 aliphatic carbocycles. The largest absolute Gasteiger partial charge is 0.469 e. The maximum Gasteiger partial charge on any atom is 0.469 e. The number of ether oxygens (including phenoxy) is 9. The number of rotatable bonds is 32. The number of nitrogens with one attached hydrogen (secondary N) is 1. The molecule has 0 aromatic carbocycles. The summed E-state index contributed by atoms with van der Waals surface area (Å²) in [5.41, 5.74) is 6.83. The minimum Gasteiger partial charge on any atom is -0.448 e. The number of oxazole rings is 1. The summed E-state index contributed by atoms with van der Waals surface area (Å²) in [5.74, 6) is -4.45. The first-order valence-corrected chi connectivity index (χ1v) is 30.6. The number of nitrogens with zero attached hydrogens (tertiary/aromatic N) is 2. The number of carbonyl (C=O) groups excluding carboxylic acids is 2. The number of hydrogen-bond donors (Lipinski definition) is 8. The van der Waals surface area contributed by atoms with Gasteiger partial charge in [0.25, 0.3) is 5.91 Å². The van der Waals surface area contributed by atoms with E-state index in [0.717, 1.165) is 11.1 Å². The lowest BCUT2D eigenvalue weighted by molar-refractivity contribution is -0.366. The smallest absolute Gasteiger partial charge is 0.448 e. The van der Waals surface area contributed by atoms with Gasteiger partial charge in [-0.3, -0.25) is 14.1 Å². The monoisotopic (exact) mass is 1230 g/mol. The van der Waals surface area contributed by atoms with Crippen molar-refractivity contribution in [3.63, 3.8) is 0 Å². The Hall–Kier alpha value is -3.60. The van der Waals surface area contributed by atoms with Gasteiger partial charge in [-0.25, -0.2) is 9.55 Å². The molecule has 1 unspecified atom stereocenters. The van der Waals surface area contributed by atoms with Gasteiger partial charge in [-0.15, -0.1) is 0 Å². The number of primary amides is 1. The van der Waals surface area contributed by atoms with Crippen molar-refractivity contribution in [2.24, 2.45) is 28.9 Å². The second-order valence-corrected chi connectivity index (χ2v) is 25.3. The first-order chi connectivity index (χ1) is 39.7. The Bertz CT molecular complexity index is 2480. The van der Waals surface area contributed by atoms with Crippen LogP contribution in [0.5, 0.6) is 0 Å². The average Bonchev–Trinajstić information content (AvgIpc) is 1.76. The normalized spacial score (nSPS) is 30.8. The van der Waals surface area contributed by atoms with Crippen LogP contribution in [-0.4, -0.2) is 212 Å². The van der Waals surface area contributed by atoms with Gasteiger partial charge in [0.2, 0.25) is 5.91 Å². The predicted molar refractivity (Wildman–Crippen MR) is 316 cm³/mol. The summed E-state index contributed by atoms with van der Waals surface area (Å²) >= 11 is 0. The van der Waals surface area contributed by atoms with Gasteiger partial charge in [0.15, 0.2) is 24.1 Å². The number of aromatic nitrogens is 1. The topological polar surface area (TPSA) is 332 Å². The number of phosphoric ester groups is 1. The van der Waals surface area contributed by atoms with Gasteiger partial charge in [-0.2, -0.15) is 0 Å². The number of carbonyl (C=O) groups is 2. The molecule has 4 heterocycles. The molecule has 3 fully saturated rings. The lowest BCUT2D eigenvalue weighted by Gasteiger charge is -2.52. The molecule has 3 aliphatic heterocycles. The zero-order valence-electron chi connectivity index (χ0n) is 53.0. The van der Waals surface area contributed by atoms with Crippen molar-refractivity contribution in [1.82, 2.24) is 15.2 Å². The van der Waals surface area contributed by atoms with Gasteiger partial charge >= 0.3 is 7.82 Å². The van der Waals surface area contributed by atoms with Gasteiger partial charge in [-0.1, -0.05) is 77.5 Å². The van der Waals surface area contributed by atoms with Crippen LogP contribution < -0.4 is 11.1 Å². The molecule has 486 valence electrons. The molecule has 85 heavy (non-hydrogen) atoms. The van der Waals surface area contributed by atoms with Crippen LogP contribution in [0.15, 0.2) is 63.9 Å². The number of aliphatic hydroxyl groups is 4. The Morgan fingerprint density at radius 1 is 0.929 bits per heavy atom. The van der Waals surface area contributed by atoms with Crippen LogP contribution in [-0.2, 0) is 61.3 Å². The van der Waals surface area contributed by atoms with E-state index in [4.69, 9.17) is 62.3 Å². The van der Waals surface area contributed by atoms with E-state index in [2.05, 4.69) is 5.32 Å². The third-order valence-corrected chi connectivity index (χ3v) is 17.6. The van der Waals surface area contributed by atoms with Crippen molar-refractivity contribution in [3.8, 4) is 0 Å². The number of nitrogens with two attached hydrogens (primary N) is 1. The SMILES string of the molecule is COC[C@@H]([C@H](O)[C@H](O)C(=O)N[C@H](C)C[C@H](C)c1nc(/C=C/C[C@@H]2OC3(C[C@H](O[C@@H]4O[C@@H](C)[C@H](OC)[C@@H](OC)[C@H]4OC)[C@@H]2C)O[C@H]([C@H](C[C@H](O)[C@H](C)[C@H](O)[C@H](C)/C=C(C)/C(C)=C/C=C/C(C)=C/C(N)=O)OC)[C@H](OP(=O)(O)O)C3(C)C)co1)N(C)C. The van der Waals surface area contributed by atoms with Gasteiger partial charge in [0.05, 0.1) is 49.3 Å². The van der Waals surface area contributed by atoms with Crippen LogP contribution in [0.3, 0.4) is 0 Å². The van der Waals surface area contributed by atoms with Crippen molar-refractivity contribution in [2.75, 3.05) is 56.3 Å². The molecule has 1 spiro atoms. The number of aliphatic hydroxyl groups excluding tert-OH is 4. The molecule has 2 amide bonds. The molecule has 1 aromatic heterocycles. The second kappa shape index (κ2) is 32.8. The molecule has 0 saturated carbocycles. The van der Waals surface area contributed by atoms with Crippen LogP contribution in [0.4, 0.5) is 0 Å². The summed E-state index contributed by atoms with van der Waals surface area (Å²) in [6, 6.07) is -1.06. The standard InChI is InChI=1S/C60H101N4O20P/c1-32(25-47(61)66)21-19-22-33(2)34(3)26-35(4)48(67)38(7)43(65)28-45(75-15)52-55(84-85(71,72)73)59(10,11)60(83-52)29-46(81-58-54(78-18)53(77-17)51(76-16)40(9)80-58)39(8)44(82-60)24-20-23-41-30-79-57(63-41)36(5)27-37(6)62-56(70)50(69)49(68)42(31-74-14)64(12)13/h19-23,25-26,30,35-40,42-46,48-55,58,65,67-69H,24,27-29,31H2,1-18H3,(H2,61,66)(H,62,70)(H2,71,72,73)/b21-19+,23-20+,32-25+,33-22+,34-26+/t35-,36+,37-,38+,39-,40+,42+,43+,44+,45+,46+,48-,49+,50+,51+,52-,53-,54-,55+,58+,60?/m1/s1. The average molecular weight is 1230 g/mol. The molecule has 24 nitrogen and oxygen atoms in total. The molecule has 1 aromatic rings. The number of hydrogen-bond acceptors (Lipinski definition) is 20. The fourth-order valence-electron chi connectivity index (χ4n) is 11.7. The van der Waals surface area contributed by atoms with E-state index in [9.17, 15) is 44.4 Å². The Morgan fingerprint density at radius 2 is 1.58 bits per heavy atom. The Morgan fingerprint density at radius 3 is 2.15 bits per heavy atom. The summed E-state index contributed by atoms with van der Waals surface area (Å²) in [7, 11) is 5.66. The highest BCUT2D eigenvalue weighted by molar-refractivity contribution is 7.46. The highest BCUT2D eigenvalue weighted by atomic mass is 31.2. The lowest BCUT2D eigenvalue weighted by Crippen LogP contribution is -2.62. The van der Waals surface area contributed by atoms with E-state index in [1.165, 1.54) is 33.7 Å². The van der Waals surface area contributed by atoms with Gasteiger partial charge < -0.3 is 93.2 Å². The minimum atomic E-state index is -5.26. The molecule has 0 radical (unpaired) electrons. The van der Waals surface area contributed by atoms with Crippen LogP contribution in [0, 0.1) is 23.2 Å². The van der Waals surface area contributed by atoms with Crippen molar-refractivity contribution in [2.45, 2.75) is 211 Å². The molecule has 3 saturated heterocycles. The molecule has 25 heteroatoms. The summed E-state index contributed by atoms with van der Waals surface area (Å²) in [6.07, 6.45) is 0.312. The van der Waals surface area contributed by atoms with Gasteiger partial charge in [-0.05, 0) is 78.8 Å². The van der Waals surface area contributed by atoms with Gasteiger partial charge in [0.1, 0.15) is 48.6 Å². The third-order valence-electron chi connectivity index (χ3n) is 17.1. The molecule has 9 N–H and O–H groups in total. The molecule has 0 bridgehead atoms. The zero-order valence-corrected chi connectivity index (χ0v) is 53.9. The molecule has 4 rings (SSSR count). The maximum absolute atomic E-state index is 13.0. The first-order valence-electron chi connectivity index (χ1n) is 29.0. The number of allylic oxidation sites excluding steroid dienone is 6. The minimum absolute atomic E-state index is 0.00700. The van der Waals surface area contributed by atoms with E-state index in [1.807, 2.05) is 59.8 Å². The van der Waals surface area contributed by atoms with Crippen molar-refractivity contribution >= 4 is 25.7 Å². The van der Waals surface area contributed by atoms with E-state index in [0.29, 0.717) is 23.6 Å². The lowest BCUT2D eigenvalue weighted by atomic mass is 9.72. The molecule has 21 atom stereocenters. The Kier molecular flexibility index (Phi) is 28.5. The summed E-state index contributed by atoms with van der Waals surface area (Å²) < 4.78 is 81.1. The van der Waals surface area contributed by atoms with Crippen LogP contribution in [0.2, 0.25) is 0 Å². The summed E-state index contributed by atoms with van der Waals surface area (Å²) in [4.78, 5) is 51.7. The maximum atomic E-state index is 13.0. The van der Waals surface area contributed by atoms with Crippen LogP contribution in [0.25, 0.3) is 6.08 Å². The number of likely N-dealkylation sites (N-methyl/N-ethyl adjacent to an activating group) is 1. The Labute approximate surface area is 502 Å². The summed E-state index contributed by atoms with van der Waals surface area (Å²) in [6.45, 7) is 20.1. The number of amides is 2. The number of methoxy groups -OCH3 is 5. The summed E-state index contributed by atoms with van der Waals surface area (Å²) in [5, 5.41) is 47.9. The molecular formula is C60H101N4O20P. The van der Waals surface area contributed by atoms with Gasteiger partial charge in [0, 0.05) is 89.6 Å². The molecular weight excluding hydrogens is 1130 g/mol. The zero-order chi connectivity index (χ0) is 64.1. The van der Waals surface area contributed by atoms with Crippen LogP contribution >= 0.6 is 7.82 Å². The first kappa shape index (κ1) is 73.9. The fraction of sp³-hybridized carbons (Fsp3) is 0.750. The fourth-order valence-corrected chi connectivity index (χ4v) is 12.4. The van der Waals surface area contributed by atoms with Crippen molar-refractivity contribution in [3.05, 3.63) is 71.0 Å². The van der Waals surface area contributed by atoms with Crippen molar-refractivity contribution < 1.29 is 95.9 Å². The Balaban J connectivity index is 1.65. The second-order valence-electron chi connectivity index (χ2n) is 24.1. The van der Waals surface area contributed by atoms with Crippen LogP contribution in [0.1, 0.15) is 119 Å². The molecule has 3 aliphatic rings. The quantitative estimate of drug-likeness (QED) is 0.0271. The highest BCUT2D eigenvalue weighted by Gasteiger charge is 2.68. The third kappa shape index (κ3) is 19.4. The van der Waals surface area contributed by atoms with E-state index in [-0.39, 0.29) is 31.8 Å². The van der Waals surface area contributed by atoms with Crippen molar-refractivity contribution in [1.29, 1.82) is 0 Å². The van der Waals surface area contributed by atoms with E-state index < -0.39 is 146 Å². The van der Waals surface area contributed by atoms with E-state index >= 15 is 0 Å². The predicted octanol–water partition coefficient (Wildman–Crippen LogP) is 4.85. The highest BCUT2D eigenvalue weighted by Crippen LogP contribution is 2.59. The van der Waals surface area contributed by atoms with E-state index in [1.54, 1.807) is 86.1 Å². The number of phosphoric acid groups is 1.